The van der Waals surface area contributed by atoms with Crippen molar-refractivity contribution in [3.05, 3.63) is 29.5 Å². The van der Waals surface area contributed by atoms with E-state index in [1.807, 2.05) is 18.2 Å². The molecule has 1 aromatic heterocycles. The Balaban J connectivity index is 1.82. The normalized spacial score (nSPS) is 19.3. The van der Waals surface area contributed by atoms with Crippen LogP contribution in [-0.2, 0) is 4.74 Å². The number of nitrogens with one attached hydrogen (secondary N) is 1. The van der Waals surface area contributed by atoms with Crippen LogP contribution in [0, 0.1) is 0 Å². The number of hydrogen-bond donors (Lipinski definition) is 1. The molecule has 0 amide bonds. The Kier molecular flexibility index (Phi) is 3.30. The molecule has 1 atom stereocenters. The molecule has 1 aromatic carbocycles. The summed E-state index contributed by atoms with van der Waals surface area (Å²) in [6.45, 7) is 1.65. The summed E-state index contributed by atoms with van der Waals surface area (Å²) in [5.41, 5.74) is 0.854. The molecule has 5 heteroatoms. The van der Waals surface area contributed by atoms with Crippen LogP contribution < -0.4 is 5.32 Å². The highest BCUT2D eigenvalue weighted by Gasteiger charge is 2.15. The molecule has 0 spiro atoms. The van der Waals surface area contributed by atoms with Gasteiger partial charge in [0.15, 0.2) is 0 Å². The maximum absolute atomic E-state index is 5.95. The number of halogens is 1. The molecule has 18 heavy (non-hydrogen) atoms. The Hall–Kier alpha value is -1.39. The summed E-state index contributed by atoms with van der Waals surface area (Å²) in [4.78, 5) is 8.49. The molecular weight excluding hydrogens is 250 g/mol. The third kappa shape index (κ3) is 2.40. The van der Waals surface area contributed by atoms with E-state index in [0.29, 0.717) is 11.1 Å². The fourth-order valence-corrected chi connectivity index (χ4v) is 2.35. The number of benzene rings is 1. The highest BCUT2D eigenvalue weighted by molar-refractivity contribution is 6.31. The molecule has 1 aliphatic rings. The van der Waals surface area contributed by atoms with Crippen molar-refractivity contribution in [3.8, 4) is 0 Å². The van der Waals surface area contributed by atoms with Gasteiger partial charge < -0.3 is 10.1 Å². The maximum atomic E-state index is 5.95. The Labute approximate surface area is 110 Å². The lowest BCUT2D eigenvalue weighted by Gasteiger charge is -2.12. The van der Waals surface area contributed by atoms with Crippen molar-refractivity contribution in [1.82, 2.24) is 9.97 Å². The molecule has 0 saturated carbocycles. The van der Waals surface area contributed by atoms with Gasteiger partial charge in [0.2, 0.25) is 0 Å². The molecule has 2 heterocycles. The summed E-state index contributed by atoms with van der Waals surface area (Å²) in [6, 6.07) is 5.63. The van der Waals surface area contributed by atoms with E-state index in [4.69, 9.17) is 16.3 Å². The van der Waals surface area contributed by atoms with E-state index >= 15 is 0 Å². The van der Waals surface area contributed by atoms with Gasteiger partial charge in [-0.25, -0.2) is 9.97 Å². The number of ether oxygens (including phenoxy) is 1. The van der Waals surface area contributed by atoms with Crippen LogP contribution in [0.3, 0.4) is 0 Å². The van der Waals surface area contributed by atoms with Gasteiger partial charge in [0, 0.05) is 23.6 Å². The number of aromatic nitrogens is 2. The van der Waals surface area contributed by atoms with Crippen LogP contribution in [0.2, 0.25) is 5.02 Å². The zero-order chi connectivity index (χ0) is 12.4. The molecule has 1 N–H and O–H groups in total. The Morgan fingerprint density at radius 1 is 1.39 bits per heavy atom. The molecule has 94 valence electrons. The van der Waals surface area contributed by atoms with Crippen molar-refractivity contribution in [1.29, 1.82) is 0 Å². The molecule has 0 radical (unpaired) electrons. The van der Waals surface area contributed by atoms with Gasteiger partial charge in [-0.1, -0.05) is 11.6 Å². The second-order valence-electron chi connectivity index (χ2n) is 4.40. The highest BCUT2D eigenvalue weighted by Crippen LogP contribution is 2.23. The van der Waals surface area contributed by atoms with Gasteiger partial charge in [0.1, 0.15) is 12.1 Å². The molecule has 3 rings (SSSR count). The minimum atomic E-state index is 0.294. The van der Waals surface area contributed by atoms with E-state index in [1.54, 1.807) is 6.33 Å². The number of nitrogens with zero attached hydrogens (tertiary/aromatic N) is 2. The van der Waals surface area contributed by atoms with Crippen molar-refractivity contribution in [2.24, 2.45) is 0 Å². The summed E-state index contributed by atoms with van der Waals surface area (Å²) in [5.74, 6) is 0.840. The molecular formula is C13H14ClN3O. The summed E-state index contributed by atoms with van der Waals surface area (Å²) in [6.07, 6.45) is 4.10. The first-order valence-corrected chi connectivity index (χ1v) is 6.46. The first-order chi connectivity index (χ1) is 8.83. The van der Waals surface area contributed by atoms with Gasteiger partial charge in [0.05, 0.1) is 11.6 Å². The second kappa shape index (κ2) is 5.08. The van der Waals surface area contributed by atoms with Crippen LogP contribution in [-0.4, -0.2) is 29.2 Å². The molecule has 1 aliphatic heterocycles. The van der Waals surface area contributed by atoms with E-state index < -0.39 is 0 Å². The Morgan fingerprint density at radius 3 is 3.17 bits per heavy atom. The SMILES string of the molecule is Clc1ccc2c(NCC3CCCO3)ncnc2c1. The summed E-state index contributed by atoms with van der Waals surface area (Å²) >= 11 is 5.95. The van der Waals surface area contributed by atoms with Crippen molar-refractivity contribution in [2.75, 3.05) is 18.5 Å². The van der Waals surface area contributed by atoms with E-state index in [0.717, 1.165) is 42.7 Å². The molecule has 2 aromatic rings. The zero-order valence-corrected chi connectivity index (χ0v) is 10.7. The summed E-state index contributed by atoms with van der Waals surface area (Å²) < 4.78 is 5.58. The topological polar surface area (TPSA) is 47.0 Å². The van der Waals surface area contributed by atoms with Gasteiger partial charge >= 0.3 is 0 Å². The maximum Gasteiger partial charge on any atom is 0.137 e. The second-order valence-corrected chi connectivity index (χ2v) is 4.84. The first-order valence-electron chi connectivity index (χ1n) is 6.09. The lowest BCUT2D eigenvalue weighted by molar-refractivity contribution is 0.120. The zero-order valence-electron chi connectivity index (χ0n) is 9.90. The van der Waals surface area contributed by atoms with Crippen LogP contribution in [0.15, 0.2) is 24.5 Å². The number of rotatable bonds is 3. The first kappa shape index (κ1) is 11.7. The van der Waals surface area contributed by atoms with E-state index in [1.165, 1.54) is 0 Å². The lowest BCUT2D eigenvalue weighted by atomic mass is 10.2. The number of fused-ring (bicyclic) bond motifs is 1. The lowest BCUT2D eigenvalue weighted by Crippen LogP contribution is -2.19. The van der Waals surface area contributed by atoms with E-state index in [9.17, 15) is 0 Å². The third-order valence-corrected chi connectivity index (χ3v) is 3.35. The summed E-state index contributed by atoms with van der Waals surface area (Å²) in [5, 5.41) is 5.00. The van der Waals surface area contributed by atoms with Gasteiger partial charge in [-0.15, -0.1) is 0 Å². The average Bonchev–Trinajstić information content (AvgIpc) is 2.89. The fraction of sp³-hybridized carbons (Fsp3) is 0.385. The highest BCUT2D eigenvalue weighted by atomic mass is 35.5. The van der Waals surface area contributed by atoms with Crippen molar-refractivity contribution in [2.45, 2.75) is 18.9 Å². The predicted molar refractivity (Wildman–Crippen MR) is 72.0 cm³/mol. The fourth-order valence-electron chi connectivity index (χ4n) is 2.19. The van der Waals surface area contributed by atoms with E-state index in [2.05, 4.69) is 15.3 Å². The molecule has 0 bridgehead atoms. The largest absolute Gasteiger partial charge is 0.376 e. The summed E-state index contributed by atoms with van der Waals surface area (Å²) in [7, 11) is 0. The van der Waals surface area contributed by atoms with Gasteiger partial charge in [-0.05, 0) is 31.0 Å². The van der Waals surface area contributed by atoms with Crippen LogP contribution >= 0.6 is 11.6 Å². The third-order valence-electron chi connectivity index (χ3n) is 3.12. The van der Waals surface area contributed by atoms with Crippen LogP contribution in [0.1, 0.15) is 12.8 Å². The molecule has 1 fully saturated rings. The minimum Gasteiger partial charge on any atom is -0.376 e. The molecule has 1 saturated heterocycles. The number of anilines is 1. The van der Waals surface area contributed by atoms with Gasteiger partial charge in [-0.2, -0.15) is 0 Å². The quantitative estimate of drug-likeness (QED) is 0.925. The van der Waals surface area contributed by atoms with Crippen LogP contribution in [0.25, 0.3) is 10.9 Å². The standard InChI is InChI=1S/C13H14ClN3O/c14-9-3-4-11-12(6-9)16-8-17-13(11)15-7-10-2-1-5-18-10/h3-4,6,8,10H,1-2,5,7H2,(H,15,16,17). The number of hydrogen-bond acceptors (Lipinski definition) is 4. The van der Waals surface area contributed by atoms with Crippen molar-refractivity contribution in [3.63, 3.8) is 0 Å². The van der Waals surface area contributed by atoms with Crippen molar-refractivity contribution >= 4 is 28.3 Å². The van der Waals surface area contributed by atoms with E-state index in [-0.39, 0.29) is 0 Å². The minimum absolute atomic E-state index is 0.294. The van der Waals surface area contributed by atoms with Crippen LogP contribution in [0.5, 0.6) is 0 Å². The molecule has 4 nitrogen and oxygen atoms in total. The Bertz CT molecular complexity index is 555. The van der Waals surface area contributed by atoms with Crippen LogP contribution in [0.4, 0.5) is 5.82 Å². The smallest absolute Gasteiger partial charge is 0.137 e. The average molecular weight is 264 g/mol. The monoisotopic (exact) mass is 263 g/mol. The van der Waals surface area contributed by atoms with Gasteiger partial charge in [0.25, 0.3) is 0 Å². The van der Waals surface area contributed by atoms with Crippen molar-refractivity contribution < 1.29 is 4.74 Å². The Morgan fingerprint density at radius 2 is 2.33 bits per heavy atom. The predicted octanol–water partition coefficient (Wildman–Crippen LogP) is 2.87. The molecule has 0 aliphatic carbocycles. The van der Waals surface area contributed by atoms with Gasteiger partial charge in [-0.3, -0.25) is 0 Å². The molecule has 1 unspecified atom stereocenters.